The van der Waals surface area contributed by atoms with Crippen LogP contribution in [0.5, 0.6) is 0 Å². The van der Waals surface area contributed by atoms with E-state index in [-0.39, 0.29) is 12.4 Å². The number of hydrogen-bond donors (Lipinski definition) is 1. The Kier molecular flexibility index (Phi) is 3.69. The van der Waals surface area contributed by atoms with E-state index >= 15 is 0 Å². The second-order valence-electron chi connectivity index (χ2n) is 3.08. The first-order chi connectivity index (χ1) is 7.34. The molecular weight excluding hydrogens is 241 g/mol. The van der Waals surface area contributed by atoms with Crippen molar-refractivity contribution in [3.8, 4) is 0 Å². The molecule has 0 aliphatic carbocycles. The van der Waals surface area contributed by atoms with Gasteiger partial charge in [0.2, 0.25) is 6.41 Å². The van der Waals surface area contributed by atoms with E-state index in [0.29, 0.717) is 22.6 Å². The maximum Gasteiger partial charge on any atom is 0.425 e. The summed E-state index contributed by atoms with van der Waals surface area (Å²) >= 11 is 0.579. The monoisotopic (exact) mass is 250 g/mol. The molecule has 0 aliphatic rings. The van der Waals surface area contributed by atoms with Crippen LogP contribution in [0.25, 0.3) is 0 Å². The van der Waals surface area contributed by atoms with Gasteiger partial charge in [-0.25, -0.2) is 0 Å². The number of amides is 1. The third-order valence-corrected chi connectivity index (χ3v) is 2.94. The summed E-state index contributed by atoms with van der Waals surface area (Å²) in [5.74, 6) is -0.00282. The van der Waals surface area contributed by atoms with Gasteiger partial charge < -0.3 is 0 Å². The Morgan fingerprint density at radius 3 is 2.56 bits per heavy atom. The predicted octanol–water partition coefficient (Wildman–Crippen LogP) is 2.72. The fourth-order valence-electron chi connectivity index (χ4n) is 1.02. The number of carbonyl (C=O) groups is 1. The van der Waals surface area contributed by atoms with Gasteiger partial charge in [-0.05, 0) is 19.1 Å². The standard InChI is InChI=1S/C9H9F3N2OS/c1-6(13)14(5-15)4-7-2-3-8(16-7)9(10,11)12/h2-3,5,13H,4H2,1H3. The Labute approximate surface area is 94.0 Å². The smallest absolute Gasteiger partial charge is 0.298 e. The third-order valence-electron chi connectivity index (χ3n) is 1.83. The minimum Gasteiger partial charge on any atom is -0.298 e. The summed E-state index contributed by atoms with van der Waals surface area (Å²) in [6, 6.07) is 2.29. The molecule has 0 fully saturated rings. The zero-order valence-corrected chi connectivity index (χ0v) is 9.15. The molecule has 1 aromatic rings. The summed E-state index contributed by atoms with van der Waals surface area (Å²) in [6.45, 7) is 1.40. The molecule has 0 unspecified atom stereocenters. The predicted molar refractivity (Wildman–Crippen MR) is 54.3 cm³/mol. The van der Waals surface area contributed by atoms with Gasteiger partial charge in [-0.3, -0.25) is 15.1 Å². The van der Waals surface area contributed by atoms with Gasteiger partial charge in [0.1, 0.15) is 4.88 Å². The molecule has 0 saturated carbocycles. The van der Waals surface area contributed by atoms with Crippen molar-refractivity contribution in [2.45, 2.75) is 19.6 Å². The van der Waals surface area contributed by atoms with Crippen molar-refractivity contribution in [3.63, 3.8) is 0 Å². The van der Waals surface area contributed by atoms with Crippen molar-refractivity contribution in [2.75, 3.05) is 0 Å². The molecule has 1 amide bonds. The van der Waals surface area contributed by atoms with Gasteiger partial charge in [0, 0.05) is 4.88 Å². The summed E-state index contributed by atoms with van der Waals surface area (Å²) in [6.07, 6.45) is -3.93. The lowest BCUT2D eigenvalue weighted by Crippen LogP contribution is -2.25. The van der Waals surface area contributed by atoms with E-state index in [1.165, 1.54) is 13.0 Å². The maximum atomic E-state index is 12.3. The fourth-order valence-corrected chi connectivity index (χ4v) is 1.89. The average Bonchev–Trinajstić information content (AvgIpc) is 2.61. The van der Waals surface area contributed by atoms with E-state index in [1.54, 1.807) is 0 Å². The van der Waals surface area contributed by atoms with Gasteiger partial charge in [0.15, 0.2) is 0 Å². The van der Waals surface area contributed by atoms with Crippen LogP contribution in [0.1, 0.15) is 16.7 Å². The molecule has 0 atom stereocenters. The number of nitrogens with one attached hydrogen (secondary N) is 1. The molecule has 88 valence electrons. The van der Waals surface area contributed by atoms with Gasteiger partial charge >= 0.3 is 6.18 Å². The Balaban J connectivity index is 2.79. The number of carbonyl (C=O) groups excluding carboxylic acids is 1. The highest BCUT2D eigenvalue weighted by atomic mass is 32.1. The van der Waals surface area contributed by atoms with Crippen molar-refractivity contribution >= 4 is 23.6 Å². The summed E-state index contributed by atoms with van der Waals surface area (Å²) < 4.78 is 36.8. The maximum absolute atomic E-state index is 12.3. The molecular formula is C9H9F3N2OS. The van der Waals surface area contributed by atoms with Crippen molar-refractivity contribution in [1.29, 1.82) is 5.41 Å². The molecule has 3 nitrogen and oxygen atoms in total. The van der Waals surface area contributed by atoms with Gasteiger partial charge in [-0.2, -0.15) is 13.2 Å². The first-order valence-corrected chi connectivity index (χ1v) is 5.09. The van der Waals surface area contributed by atoms with Gasteiger partial charge in [0.25, 0.3) is 0 Å². The fraction of sp³-hybridized carbons (Fsp3) is 0.333. The van der Waals surface area contributed by atoms with Crippen LogP contribution in [-0.4, -0.2) is 17.1 Å². The lowest BCUT2D eigenvalue weighted by Gasteiger charge is -2.13. The zero-order chi connectivity index (χ0) is 12.3. The van der Waals surface area contributed by atoms with Crippen LogP contribution in [0.2, 0.25) is 0 Å². The SMILES string of the molecule is CC(=N)N(C=O)Cc1ccc(C(F)(F)F)s1. The summed E-state index contributed by atoms with van der Waals surface area (Å²) in [5.41, 5.74) is 0. The molecule has 0 aromatic carbocycles. The molecule has 16 heavy (non-hydrogen) atoms. The van der Waals surface area contributed by atoms with E-state index in [0.717, 1.165) is 11.0 Å². The summed E-state index contributed by atoms with van der Waals surface area (Å²) in [5, 5.41) is 7.21. The lowest BCUT2D eigenvalue weighted by atomic mass is 10.4. The molecule has 0 aliphatic heterocycles. The van der Waals surface area contributed by atoms with Crippen molar-refractivity contribution in [2.24, 2.45) is 0 Å². The summed E-state index contributed by atoms with van der Waals surface area (Å²) in [7, 11) is 0. The van der Waals surface area contributed by atoms with Gasteiger partial charge in [-0.15, -0.1) is 11.3 Å². The number of amidine groups is 1. The molecule has 0 radical (unpaired) electrons. The van der Waals surface area contributed by atoms with Crippen LogP contribution >= 0.6 is 11.3 Å². The molecule has 0 saturated heterocycles. The molecule has 7 heteroatoms. The number of rotatable bonds is 3. The normalized spacial score (nSPS) is 11.2. The van der Waals surface area contributed by atoms with E-state index in [1.807, 2.05) is 0 Å². The zero-order valence-electron chi connectivity index (χ0n) is 8.34. The largest absolute Gasteiger partial charge is 0.425 e. The Morgan fingerprint density at radius 1 is 1.56 bits per heavy atom. The number of hydrogen-bond acceptors (Lipinski definition) is 3. The Morgan fingerprint density at radius 2 is 2.19 bits per heavy atom. The van der Waals surface area contributed by atoms with E-state index in [2.05, 4.69) is 0 Å². The number of thiophene rings is 1. The van der Waals surface area contributed by atoms with Crippen LogP contribution in [0, 0.1) is 5.41 Å². The number of halogens is 3. The highest BCUT2D eigenvalue weighted by Gasteiger charge is 2.32. The Hall–Kier alpha value is -1.37. The van der Waals surface area contributed by atoms with E-state index in [4.69, 9.17) is 5.41 Å². The van der Waals surface area contributed by atoms with Crippen LogP contribution in [0.3, 0.4) is 0 Å². The van der Waals surface area contributed by atoms with Gasteiger partial charge in [0.05, 0.1) is 12.4 Å². The van der Waals surface area contributed by atoms with E-state index in [9.17, 15) is 18.0 Å². The highest BCUT2D eigenvalue weighted by molar-refractivity contribution is 7.12. The summed E-state index contributed by atoms with van der Waals surface area (Å²) in [4.78, 5) is 11.3. The third kappa shape index (κ3) is 3.06. The number of alkyl halides is 3. The quantitative estimate of drug-likeness (QED) is 0.500. The van der Waals surface area contributed by atoms with Crippen LogP contribution in [-0.2, 0) is 17.5 Å². The van der Waals surface area contributed by atoms with Crippen molar-refractivity contribution in [1.82, 2.24) is 4.90 Å². The topological polar surface area (TPSA) is 44.2 Å². The Bertz CT molecular complexity index is 400. The lowest BCUT2D eigenvalue weighted by molar-refractivity contribution is -0.134. The second-order valence-corrected chi connectivity index (χ2v) is 4.25. The molecule has 1 aromatic heterocycles. The molecule has 1 rings (SSSR count). The van der Waals surface area contributed by atoms with Crippen molar-refractivity contribution in [3.05, 3.63) is 21.9 Å². The molecule has 0 spiro atoms. The minimum absolute atomic E-state index is 0.000417. The van der Waals surface area contributed by atoms with Crippen LogP contribution in [0.4, 0.5) is 13.2 Å². The van der Waals surface area contributed by atoms with Crippen LogP contribution < -0.4 is 0 Å². The molecule has 1 N–H and O–H groups in total. The average molecular weight is 250 g/mol. The minimum atomic E-state index is -4.35. The van der Waals surface area contributed by atoms with Crippen molar-refractivity contribution < 1.29 is 18.0 Å². The van der Waals surface area contributed by atoms with Crippen LogP contribution in [0.15, 0.2) is 12.1 Å². The van der Waals surface area contributed by atoms with Gasteiger partial charge in [-0.1, -0.05) is 0 Å². The number of nitrogens with zero attached hydrogens (tertiary/aromatic N) is 1. The molecule has 1 heterocycles. The highest BCUT2D eigenvalue weighted by Crippen LogP contribution is 2.34. The second kappa shape index (κ2) is 4.65. The first kappa shape index (κ1) is 12.7. The van der Waals surface area contributed by atoms with E-state index < -0.39 is 11.1 Å². The molecule has 0 bridgehead atoms. The first-order valence-electron chi connectivity index (χ1n) is 4.27.